The van der Waals surface area contributed by atoms with Gasteiger partial charge in [-0.2, -0.15) is 5.10 Å². The summed E-state index contributed by atoms with van der Waals surface area (Å²) in [6, 6.07) is 2.31. The number of aromatic nitrogens is 2. The average Bonchev–Trinajstić information content (AvgIpc) is 3.15. The first-order chi connectivity index (χ1) is 12.4. The molecule has 1 aromatic carbocycles. The van der Waals surface area contributed by atoms with Crippen LogP contribution in [0.15, 0.2) is 18.2 Å². The van der Waals surface area contributed by atoms with E-state index in [1.807, 2.05) is 20.9 Å². The lowest BCUT2D eigenvalue weighted by molar-refractivity contribution is -0.111. The third-order valence-electron chi connectivity index (χ3n) is 4.67. The molecule has 0 spiro atoms. The van der Waals surface area contributed by atoms with Crippen molar-refractivity contribution in [3.05, 3.63) is 46.8 Å². The zero-order valence-corrected chi connectivity index (χ0v) is 15.1. The highest BCUT2D eigenvalue weighted by molar-refractivity contribution is 6.02. The number of hydrogen-bond donors (Lipinski definition) is 1. The molecule has 0 atom stereocenters. The van der Waals surface area contributed by atoms with Gasteiger partial charge in [0.05, 0.1) is 5.69 Å². The molecule has 2 heterocycles. The fraction of sp³-hybridized carbons (Fsp3) is 0.368. The first-order valence-corrected chi connectivity index (χ1v) is 8.60. The second kappa shape index (κ2) is 7.27. The van der Waals surface area contributed by atoms with Crippen LogP contribution in [0.5, 0.6) is 0 Å². The van der Waals surface area contributed by atoms with Crippen LogP contribution in [0.25, 0.3) is 6.08 Å². The summed E-state index contributed by atoms with van der Waals surface area (Å²) in [5, 5.41) is 6.78. The molecule has 7 heteroatoms. The van der Waals surface area contributed by atoms with Gasteiger partial charge < -0.3 is 10.2 Å². The van der Waals surface area contributed by atoms with E-state index in [4.69, 9.17) is 0 Å². The Morgan fingerprint density at radius 3 is 2.35 bits per heavy atom. The van der Waals surface area contributed by atoms with E-state index in [-0.39, 0.29) is 11.4 Å². The molecular weight excluding hydrogens is 338 g/mol. The van der Waals surface area contributed by atoms with Crippen LogP contribution in [-0.4, -0.2) is 28.8 Å². The molecule has 5 nitrogen and oxygen atoms in total. The largest absolute Gasteiger partial charge is 0.367 e. The number of anilines is 2. The summed E-state index contributed by atoms with van der Waals surface area (Å²) in [4.78, 5) is 13.8. The molecule has 1 N–H and O–H groups in total. The molecule has 0 aliphatic carbocycles. The van der Waals surface area contributed by atoms with Gasteiger partial charge in [0, 0.05) is 43.2 Å². The summed E-state index contributed by atoms with van der Waals surface area (Å²) in [7, 11) is 1.83. The normalized spacial score (nSPS) is 14.4. The molecule has 26 heavy (non-hydrogen) atoms. The molecule has 1 aliphatic rings. The van der Waals surface area contributed by atoms with E-state index in [0.717, 1.165) is 41.9 Å². The van der Waals surface area contributed by atoms with Crippen LogP contribution in [0.3, 0.4) is 0 Å². The van der Waals surface area contributed by atoms with E-state index < -0.39 is 17.5 Å². The molecule has 1 aromatic heterocycles. The number of carbonyl (C=O) groups is 1. The minimum Gasteiger partial charge on any atom is -0.367 e. The van der Waals surface area contributed by atoms with Crippen LogP contribution >= 0.6 is 0 Å². The van der Waals surface area contributed by atoms with Gasteiger partial charge in [-0.1, -0.05) is 0 Å². The molecule has 0 bridgehead atoms. The van der Waals surface area contributed by atoms with E-state index >= 15 is 0 Å². The molecule has 1 amide bonds. The van der Waals surface area contributed by atoms with Gasteiger partial charge in [-0.25, -0.2) is 8.78 Å². The van der Waals surface area contributed by atoms with Crippen molar-refractivity contribution in [1.29, 1.82) is 0 Å². The molecule has 0 saturated carbocycles. The Morgan fingerprint density at radius 2 is 1.81 bits per heavy atom. The zero-order chi connectivity index (χ0) is 18.8. The van der Waals surface area contributed by atoms with Crippen molar-refractivity contribution in [3.63, 3.8) is 0 Å². The number of hydrogen-bond acceptors (Lipinski definition) is 3. The van der Waals surface area contributed by atoms with Crippen molar-refractivity contribution < 1.29 is 13.6 Å². The predicted octanol–water partition coefficient (Wildman–Crippen LogP) is 3.57. The summed E-state index contributed by atoms with van der Waals surface area (Å²) < 4.78 is 30.4. The second-order valence-electron chi connectivity index (χ2n) is 6.51. The van der Waals surface area contributed by atoms with Crippen LogP contribution in [-0.2, 0) is 11.8 Å². The summed E-state index contributed by atoms with van der Waals surface area (Å²) in [6.07, 6.45) is 4.84. The molecular formula is C19H22F2N4O. The minimum absolute atomic E-state index is 0.0161. The Morgan fingerprint density at radius 1 is 1.19 bits per heavy atom. The van der Waals surface area contributed by atoms with Gasteiger partial charge in [-0.15, -0.1) is 0 Å². The lowest BCUT2D eigenvalue weighted by atomic mass is 10.2. The maximum absolute atomic E-state index is 14.3. The van der Waals surface area contributed by atoms with Crippen LogP contribution < -0.4 is 10.2 Å². The zero-order valence-electron chi connectivity index (χ0n) is 15.1. The SMILES string of the molecule is Cc1nn(C)c(C)c1/C=C/C(=O)Nc1cc(F)c(N2CCCC2)c(F)c1. The number of benzene rings is 1. The number of nitrogens with zero attached hydrogens (tertiary/aromatic N) is 3. The average molecular weight is 360 g/mol. The van der Waals surface area contributed by atoms with E-state index in [2.05, 4.69) is 10.4 Å². The van der Waals surface area contributed by atoms with Gasteiger partial charge in [-0.05, 0) is 44.9 Å². The van der Waals surface area contributed by atoms with Crippen molar-refractivity contribution in [1.82, 2.24) is 9.78 Å². The van der Waals surface area contributed by atoms with Gasteiger partial charge in [-0.3, -0.25) is 9.48 Å². The third-order valence-corrected chi connectivity index (χ3v) is 4.67. The highest BCUT2D eigenvalue weighted by Gasteiger charge is 2.21. The predicted molar refractivity (Wildman–Crippen MR) is 98.2 cm³/mol. The first kappa shape index (κ1) is 18.1. The highest BCUT2D eigenvalue weighted by Crippen LogP contribution is 2.29. The van der Waals surface area contributed by atoms with Gasteiger partial charge in [0.2, 0.25) is 5.91 Å². The summed E-state index contributed by atoms with van der Waals surface area (Å²) in [6.45, 7) is 5.05. The molecule has 0 radical (unpaired) electrons. The lowest BCUT2D eigenvalue weighted by Gasteiger charge is -2.19. The molecule has 1 aliphatic heterocycles. The number of amides is 1. The molecule has 3 rings (SSSR count). The summed E-state index contributed by atoms with van der Waals surface area (Å²) in [5.74, 6) is -1.78. The van der Waals surface area contributed by atoms with Gasteiger partial charge in [0.15, 0.2) is 11.6 Å². The fourth-order valence-electron chi connectivity index (χ4n) is 3.25. The van der Waals surface area contributed by atoms with E-state index in [9.17, 15) is 13.6 Å². The standard InChI is InChI=1S/C19H22F2N4O/c1-12-15(13(2)24(3)23-12)6-7-18(26)22-14-10-16(20)19(17(21)11-14)25-8-4-5-9-25/h6-7,10-11H,4-5,8-9H2,1-3H3,(H,22,26)/b7-6+. The molecule has 1 saturated heterocycles. The van der Waals surface area contributed by atoms with E-state index in [1.54, 1.807) is 15.7 Å². The monoisotopic (exact) mass is 360 g/mol. The summed E-state index contributed by atoms with van der Waals surface area (Å²) >= 11 is 0. The number of nitrogens with one attached hydrogen (secondary N) is 1. The fourth-order valence-corrected chi connectivity index (χ4v) is 3.25. The van der Waals surface area contributed by atoms with Crippen molar-refractivity contribution in [2.75, 3.05) is 23.3 Å². The Hall–Kier alpha value is -2.70. The number of carbonyl (C=O) groups excluding carboxylic acids is 1. The lowest BCUT2D eigenvalue weighted by Crippen LogP contribution is -2.21. The van der Waals surface area contributed by atoms with Crippen molar-refractivity contribution >= 4 is 23.4 Å². The molecule has 2 aromatic rings. The minimum atomic E-state index is -0.662. The van der Waals surface area contributed by atoms with Crippen LogP contribution in [0.1, 0.15) is 29.8 Å². The highest BCUT2D eigenvalue weighted by atomic mass is 19.1. The molecule has 138 valence electrons. The summed E-state index contributed by atoms with van der Waals surface area (Å²) in [5.41, 5.74) is 2.67. The number of rotatable bonds is 4. The Kier molecular flexibility index (Phi) is 5.06. The van der Waals surface area contributed by atoms with Crippen LogP contribution in [0.2, 0.25) is 0 Å². The van der Waals surface area contributed by atoms with E-state index in [1.165, 1.54) is 6.08 Å². The maximum Gasteiger partial charge on any atom is 0.248 e. The van der Waals surface area contributed by atoms with Gasteiger partial charge in [0.25, 0.3) is 0 Å². The Labute approximate surface area is 151 Å². The van der Waals surface area contributed by atoms with Crippen LogP contribution in [0.4, 0.5) is 20.2 Å². The third kappa shape index (κ3) is 3.61. The molecule has 1 fully saturated rings. The van der Waals surface area contributed by atoms with Gasteiger partial charge >= 0.3 is 0 Å². The second-order valence-corrected chi connectivity index (χ2v) is 6.51. The van der Waals surface area contributed by atoms with Crippen molar-refractivity contribution in [3.8, 4) is 0 Å². The number of halogens is 2. The van der Waals surface area contributed by atoms with E-state index in [0.29, 0.717) is 13.1 Å². The smallest absolute Gasteiger partial charge is 0.248 e. The first-order valence-electron chi connectivity index (χ1n) is 8.60. The van der Waals surface area contributed by atoms with Gasteiger partial charge in [0.1, 0.15) is 5.69 Å². The quantitative estimate of drug-likeness (QED) is 0.848. The van der Waals surface area contributed by atoms with Crippen molar-refractivity contribution in [2.45, 2.75) is 26.7 Å². The van der Waals surface area contributed by atoms with Crippen LogP contribution in [0, 0.1) is 25.5 Å². The van der Waals surface area contributed by atoms with Crippen molar-refractivity contribution in [2.24, 2.45) is 7.05 Å². The topological polar surface area (TPSA) is 50.2 Å². The Bertz CT molecular complexity index is 844. The Balaban J connectivity index is 1.74. The number of aryl methyl sites for hydroxylation is 2. The maximum atomic E-state index is 14.3. The molecule has 0 unspecified atom stereocenters.